The van der Waals surface area contributed by atoms with Gasteiger partial charge >= 0.3 is 6.61 Å². The van der Waals surface area contributed by atoms with E-state index in [0.717, 1.165) is 12.8 Å². The van der Waals surface area contributed by atoms with Gasteiger partial charge in [0.05, 0.1) is 20.4 Å². The van der Waals surface area contributed by atoms with Crippen LogP contribution >= 0.6 is 12.2 Å². The smallest absolute Gasteiger partial charge is 0.387 e. The summed E-state index contributed by atoms with van der Waals surface area (Å²) in [6.45, 7) is -2.35. The fourth-order valence-electron chi connectivity index (χ4n) is 2.71. The Morgan fingerprint density at radius 2 is 2.07 bits per heavy atom. The van der Waals surface area contributed by atoms with Crippen molar-refractivity contribution in [2.75, 3.05) is 20.8 Å². The van der Waals surface area contributed by atoms with E-state index in [0.29, 0.717) is 22.8 Å². The largest absolute Gasteiger partial charge is 0.493 e. The van der Waals surface area contributed by atoms with Crippen LogP contribution in [0.25, 0.3) is 0 Å². The minimum absolute atomic E-state index is 0.0891. The first-order chi connectivity index (χ1) is 13.0. The Balaban J connectivity index is 1.94. The SMILES string of the molecule is COc1cc(/C=N\n2c([C@H]3CCCO3)n[nH]c2=S)cc(OC)c1OC(F)F. The Labute approximate surface area is 158 Å². The van der Waals surface area contributed by atoms with Crippen molar-refractivity contribution in [2.45, 2.75) is 25.6 Å². The molecule has 0 aliphatic carbocycles. The van der Waals surface area contributed by atoms with Crippen LogP contribution in [-0.2, 0) is 4.74 Å². The standard InChI is InChI=1S/C16H18F2N4O4S/c1-23-11-6-9(7-12(24-2)13(11)26-15(17)18)8-19-22-14(20-21-16(22)27)10-4-3-5-25-10/h6-8,10,15H,3-5H2,1-2H3,(H,21,27)/b19-8-/t10-/m1/s1. The molecule has 1 saturated heterocycles. The number of hydrogen-bond acceptors (Lipinski definition) is 7. The first-order valence-electron chi connectivity index (χ1n) is 8.07. The van der Waals surface area contributed by atoms with E-state index in [1.807, 2.05) is 0 Å². The topological polar surface area (TPSA) is 82.9 Å². The molecule has 0 saturated carbocycles. The van der Waals surface area contributed by atoms with Gasteiger partial charge in [0.1, 0.15) is 6.10 Å². The van der Waals surface area contributed by atoms with Crippen molar-refractivity contribution in [1.29, 1.82) is 0 Å². The Bertz CT molecular complexity index is 853. The number of benzene rings is 1. The minimum Gasteiger partial charge on any atom is -0.493 e. The quantitative estimate of drug-likeness (QED) is 0.567. The number of rotatable bonds is 7. The van der Waals surface area contributed by atoms with Gasteiger partial charge in [0.2, 0.25) is 10.5 Å². The van der Waals surface area contributed by atoms with Crippen molar-refractivity contribution >= 4 is 18.4 Å². The summed E-state index contributed by atoms with van der Waals surface area (Å²) in [6.07, 6.45) is 3.08. The molecule has 8 nitrogen and oxygen atoms in total. The van der Waals surface area contributed by atoms with Gasteiger partial charge in [-0.15, -0.1) is 0 Å². The lowest BCUT2D eigenvalue weighted by Gasteiger charge is -2.14. The molecule has 0 unspecified atom stereocenters. The molecule has 146 valence electrons. The highest BCUT2D eigenvalue weighted by molar-refractivity contribution is 7.71. The van der Waals surface area contributed by atoms with Crippen molar-refractivity contribution < 1.29 is 27.7 Å². The van der Waals surface area contributed by atoms with Crippen LogP contribution in [0.3, 0.4) is 0 Å². The molecule has 2 heterocycles. The van der Waals surface area contributed by atoms with Gasteiger partial charge in [-0.3, -0.25) is 5.10 Å². The third kappa shape index (κ3) is 4.25. The number of H-pyrrole nitrogens is 1. The molecule has 1 N–H and O–H groups in total. The van der Waals surface area contributed by atoms with Crippen LogP contribution in [0.5, 0.6) is 17.2 Å². The molecule has 11 heteroatoms. The van der Waals surface area contributed by atoms with Crippen LogP contribution in [0.4, 0.5) is 8.78 Å². The van der Waals surface area contributed by atoms with Crippen LogP contribution in [-0.4, -0.2) is 48.5 Å². The molecule has 2 aromatic rings. The zero-order chi connectivity index (χ0) is 19.4. The van der Waals surface area contributed by atoms with E-state index in [-0.39, 0.29) is 23.4 Å². The maximum absolute atomic E-state index is 12.6. The van der Waals surface area contributed by atoms with E-state index < -0.39 is 6.61 Å². The predicted octanol–water partition coefficient (Wildman–Crippen LogP) is 3.29. The molecule has 1 aliphatic rings. The molecule has 3 rings (SSSR count). The minimum atomic E-state index is -3.01. The summed E-state index contributed by atoms with van der Waals surface area (Å²) in [7, 11) is 2.69. The third-order valence-electron chi connectivity index (χ3n) is 3.91. The summed E-state index contributed by atoms with van der Waals surface area (Å²) < 4.78 is 47.4. The third-order valence-corrected chi connectivity index (χ3v) is 4.17. The Morgan fingerprint density at radius 3 is 2.63 bits per heavy atom. The van der Waals surface area contributed by atoms with E-state index in [2.05, 4.69) is 20.0 Å². The number of methoxy groups -OCH3 is 2. The number of ether oxygens (including phenoxy) is 4. The first kappa shape index (κ1) is 19.2. The molecule has 0 radical (unpaired) electrons. The molecule has 0 amide bonds. The lowest BCUT2D eigenvalue weighted by atomic mass is 10.2. The predicted molar refractivity (Wildman–Crippen MR) is 94.5 cm³/mol. The highest BCUT2D eigenvalue weighted by atomic mass is 32.1. The second kappa shape index (κ2) is 8.44. The van der Waals surface area contributed by atoms with Gasteiger partial charge in [0.25, 0.3) is 0 Å². The number of alkyl halides is 2. The number of nitrogens with one attached hydrogen (secondary N) is 1. The average Bonchev–Trinajstić information content (AvgIpc) is 3.29. The molecule has 0 bridgehead atoms. The van der Waals surface area contributed by atoms with Gasteiger partial charge in [0, 0.05) is 12.2 Å². The van der Waals surface area contributed by atoms with E-state index in [1.165, 1.54) is 37.2 Å². The van der Waals surface area contributed by atoms with Crippen molar-refractivity contribution in [3.8, 4) is 17.2 Å². The van der Waals surface area contributed by atoms with Crippen LogP contribution in [0.15, 0.2) is 17.2 Å². The van der Waals surface area contributed by atoms with E-state index in [9.17, 15) is 8.78 Å². The summed E-state index contributed by atoms with van der Waals surface area (Å²) in [5.41, 5.74) is 0.534. The van der Waals surface area contributed by atoms with Crippen LogP contribution in [0, 0.1) is 4.77 Å². The fourth-order valence-corrected chi connectivity index (χ4v) is 2.90. The normalized spacial score (nSPS) is 17.0. The molecule has 0 spiro atoms. The van der Waals surface area contributed by atoms with Gasteiger partial charge in [-0.1, -0.05) is 0 Å². The van der Waals surface area contributed by atoms with Gasteiger partial charge in [-0.05, 0) is 37.2 Å². The summed E-state index contributed by atoms with van der Waals surface area (Å²) in [6, 6.07) is 3.00. The average molecular weight is 400 g/mol. The Morgan fingerprint density at radius 1 is 1.37 bits per heavy atom. The zero-order valence-electron chi connectivity index (χ0n) is 14.6. The Hall–Kier alpha value is -2.53. The van der Waals surface area contributed by atoms with Gasteiger partial charge < -0.3 is 18.9 Å². The van der Waals surface area contributed by atoms with Gasteiger partial charge in [0.15, 0.2) is 17.3 Å². The zero-order valence-corrected chi connectivity index (χ0v) is 15.5. The van der Waals surface area contributed by atoms with Gasteiger partial charge in [-0.25, -0.2) is 0 Å². The molecule has 1 atom stereocenters. The van der Waals surface area contributed by atoms with E-state index in [4.69, 9.17) is 26.4 Å². The van der Waals surface area contributed by atoms with Crippen LogP contribution < -0.4 is 14.2 Å². The monoisotopic (exact) mass is 400 g/mol. The summed E-state index contributed by atoms with van der Waals surface area (Å²) in [5.74, 6) is 0.565. The summed E-state index contributed by atoms with van der Waals surface area (Å²) >= 11 is 5.21. The molecule has 27 heavy (non-hydrogen) atoms. The van der Waals surface area contributed by atoms with Crippen molar-refractivity contribution in [2.24, 2.45) is 5.10 Å². The molecule has 1 fully saturated rings. The number of aromatic nitrogens is 3. The second-order valence-electron chi connectivity index (χ2n) is 5.58. The number of aromatic amines is 1. The maximum atomic E-state index is 12.6. The van der Waals surface area contributed by atoms with E-state index in [1.54, 1.807) is 0 Å². The molecular formula is C16H18F2N4O4S. The van der Waals surface area contributed by atoms with Crippen LogP contribution in [0.1, 0.15) is 30.3 Å². The number of hydrogen-bond donors (Lipinski definition) is 1. The summed E-state index contributed by atoms with van der Waals surface area (Å²) in [4.78, 5) is 0. The van der Waals surface area contributed by atoms with Gasteiger partial charge in [-0.2, -0.15) is 23.7 Å². The van der Waals surface area contributed by atoms with Crippen molar-refractivity contribution in [3.05, 3.63) is 28.3 Å². The molecular weight excluding hydrogens is 382 g/mol. The number of halogens is 2. The highest BCUT2D eigenvalue weighted by Crippen LogP contribution is 2.39. The van der Waals surface area contributed by atoms with Crippen LogP contribution in [0.2, 0.25) is 0 Å². The van der Waals surface area contributed by atoms with Crippen molar-refractivity contribution in [3.63, 3.8) is 0 Å². The second-order valence-corrected chi connectivity index (χ2v) is 5.96. The Kier molecular flexibility index (Phi) is 6.01. The van der Waals surface area contributed by atoms with E-state index >= 15 is 0 Å². The molecule has 1 aromatic carbocycles. The summed E-state index contributed by atoms with van der Waals surface area (Å²) in [5, 5.41) is 11.2. The molecule has 1 aromatic heterocycles. The highest BCUT2D eigenvalue weighted by Gasteiger charge is 2.23. The fraction of sp³-hybridized carbons (Fsp3) is 0.438. The lowest BCUT2D eigenvalue weighted by molar-refractivity contribution is -0.0526. The van der Waals surface area contributed by atoms with Crippen molar-refractivity contribution in [1.82, 2.24) is 14.9 Å². The number of nitrogens with zero attached hydrogens (tertiary/aromatic N) is 3. The maximum Gasteiger partial charge on any atom is 0.387 e. The molecule has 1 aliphatic heterocycles. The lowest BCUT2D eigenvalue weighted by Crippen LogP contribution is -2.07. The first-order valence-corrected chi connectivity index (χ1v) is 8.48.